The van der Waals surface area contributed by atoms with Gasteiger partial charge in [-0.3, -0.25) is 9.56 Å². The second kappa shape index (κ2) is 16.6. The Bertz CT molecular complexity index is 4320. The lowest BCUT2D eigenvalue weighted by Crippen LogP contribution is -2.31. The molecule has 0 aliphatic heterocycles. The van der Waals surface area contributed by atoms with Gasteiger partial charge in [-0.05, 0) is 141 Å². The van der Waals surface area contributed by atoms with Crippen molar-refractivity contribution >= 4 is 72.3 Å². The second-order valence-corrected chi connectivity index (χ2v) is 20.3. The van der Waals surface area contributed by atoms with Crippen molar-refractivity contribution in [1.82, 2.24) is 9.88 Å². The molecule has 0 bridgehead atoms. The maximum atomic E-state index is 6.69. The quantitative estimate of drug-likeness (QED) is 0.147. The standard InChI is InChI=1S/C69H51N3O2/c1-3-19-60(44-36-37-53-66(38-44)74-64-35-18-28-46(67(53)64)43-20-5-4-6-21-43)71-68(45-22-17-29-52-51-27-11-16-34-63(51)73-65(52)39-45)70-42(2)72-61-33-15-10-26-50(61)55-40-59-54(41-62(55)72)49-25-9-14-32-58(49)69(59)56-30-12-7-23-47(56)48-24-8-13-31-57(48)69/h4-16,18,20-21,23-28,30-41,68,70H,2-3,17,19,22,29H2,1H3/b71-60+. The van der Waals surface area contributed by atoms with Gasteiger partial charge >= 0.3 is 0 Å². The molecular weight excluding hydrogens is 903 g/mol. The summed E-state index contributed by atoms with van der Waals surface area (Å²) in [6.07, 6.45) is 6.25. The Balaban J connectivity index is 0.901. The third kappa shape index (κ3) is 6.19. The van der Waals surface area contributed by atoms with Crippen molar-refractivity contribution in [3.63, 3.8) is 0 Å². The van der Waals surface area contributed by atoms with E-state index in [9.17, 15) is 0 Å². The number of fused-ring (bicyclic) bond motifs is 19. The van der Waals surface area contributed by atoms with E-state index in [0.29, 0.717) is 0 Å². The first-order chi connectivity index (χ1) is 36.6. The average molecular weight is 954 g/mol. The summed E-state index contributed by atoms with van der Waals surface area (Å²) in [5.74, 6) is 1.67. The first-order valence-corrected chi connectivity index (χ1v) is 26.2. The van der Waals surface area contributed by atoms with Crippen molar-refractivity contribution in [3.05, 3.63) is 251 Å². The summed E-state index contributed by atoms with van der Waals surface area (Å²) >= 11 is 0. The van der Waals surface area contributed by atoms with Crippen LogP contribution in [0.15, 0.2) is 226 Å². The Morgan fingerprint density at radius 2 is 1.23 bits per heavy atom. The number of hydrogen-bond acceptors (Lipinski definition) is 4. The minimum atomic E-state index is -0.458. The lowest BCUT2D eigenvalue weighted by molar-refractivity contribution is 0.598. The van der Waals surface area contributed by atoms with Crippen molar-refractivity contribution in [3.8, 4) is 33.4 Å². The van der Waals surface area contributed by atoms with Gasteiger partial charge in [-0.15, -0.1) is 0 Å². The van der Waals surface area contributed by atoms with Crippen LogP contribution in [0.3, 0.4) is 0 Å². The Kier molecular flexibility index (Phi) is 9.56. The number of benzene rings is 9. The van der Waals surface area contributed by atoms with Crippen LogP contribution in [-0.2, 0) is 11.8 Å². The molecule has 3 heterocycles. The van der Waals surface area contributed by atoms with Gasteiger partial charge in [-0.25, -0.2) is 0 Å². The zero-order valence-electron chi connectivity index (χ0n) is 41.2. The van der Waals surface area contributed by atoms with E-state index in [1.54, 1.807) is 0 Å². The van der Waals surface area contributed by atoms with Crippen LogP contribution in [-0.4, -0.2) is 16.4 Å². The number of hydrogen-bond donors (Lipinski definition) is 1. The molecule has 0 saturated carbocycles. The van der Waals surface area contributed by atoms with Crippen LogP contribution in [0.4, 0.5) is 0 Å². The first kappa shape index (κ1) is 42.7. The monoisotopic (exact) mass is 953 g/mol. The van der Waals surface area contributed by atoms with Gasteiger partial charge in [-0.1, -0.05) is 178 Å². The van der Waals surface area contributed by atoms with Crippen LogP contribution in [0, 0.1) is 0 Å². The summed E-state index contributed by atoms with van der Waals surface area (Å²) in [6.45, 7) is 7.18. The zero-order chi connectivity index (χ0) is 49.1. The fourth-order valence-electron chi connectivity index (χ4n) is 13.2. The van der Waals surface area contributed by atoms with E-state index in [-0.39, 0.29) is 0 Å². The number of para-hydroxylation sites is 2. The third-order valence-corrected chi connectivity index (χ3v) is 16.3. The molecule has 3 aromatic heterocycles. The highest BCUT2D eigenvalue weighted by Gasteiger charge is 2.51. The number of aryl methyl sites for hydroxylation is 1. The average Bonchev–Trinajstić information content (AvgIpc) is 4.34. The molecule has 0 fully saturated rings. The molecule has 0 radical (unpaired) electrons. The Hall–Kier alpha value is -8.93. The molecule has 15 rings (SSSR count). The molecule has 0 saturated heterocycles. The largest absolute Gasteiger partial charge is 0.456 e. The van der Waals surface area contributed by atoms with Gasteiger partial charge in [0.1, 0.15) is 34.5 Å². The van der Waals surface area contributed by atoms with Gasteiger partial charge < -0.3 is 14.2 Å². The Labute approximate surface area is 429 Å². The highest BCUT2D eigenvalue weighted by atomic mass is 16.3. The van der Waals surface area contributed by atoms with E-state index in [1.165, 1.54) is 71.8 Å². The molecule has 1 spiro atoms. The lowest BCUT2D eigenvalue weighted by Gasteiger charge is -2.30. The number of aliphatic imine (C=N–C) groups is 1. The van der Waals surface area contributed by atoms with Gasteiger partial charge in [0.05, 0.1) is 16.4 Å². The van der Waals surface area contributed by atoms with Crippen LogP contribution in [0.5, 0.6) is 0 Å². The number of rotatable bonds is 9. The molecule has 9 aromatic carbocycles. The number of furan rings is 2. The van der Waals surface area contributed by atoms with Crippen molar-refractivity contribution < 1.29 is 8.83 Å². The SMILES string of the molecule is C=C(NC(/N=C(\CCC)c1ccc2c(c1)oc1cccc(-c3ccccc3)c12)C1=Cc2oc3ccccc3c2CCC1)n1c2ccccc2c2cc3c(cc21)-c1ccccc1C31c2ccccc2-c2ccccc21. The molecule has 3 aliphatic carbocycles. The van der Waals surface area contributed by atoms with Crippen LogP contribution in [0.1, 0.15) is 71.7 Å². The van der Waals surface area contributed by atoms with E-state index in [1.807, 2.05) is 0 Å². The molecule has 1 unspecified atom stereocenters. The Morgan fingerprint density at radius 3 is 2.00 bits per heavy atom. The van der Waals surface area contributed by atoms with Gasteiger partial charge in [0.2, 0.25) is 0 Å². The van der Waals surface area contributed by atoms with Crippen LogP contribution in [0.2, 0.25) is 0 Å². The van der Waals surface area contributed by atoms with Gasteiger partial charge in [0.15, 0.2) is 0 Å². The van der Waals surface area contributed by atoms with E-state index < -0.39 is 11.6 Å². The lowest BCUT2D eigenvalue weighted by atomic mass is 9.70. The molecule has 74 heavy (non-hydrogen) atoms. The summed E-state index contributed by atoms with van der Waals surface area (Å²) in [5.41, 5.74) is 21.6. The summed E-state index contributed by atoms with van der Waals surface area (Å²) in [6, 6.07) is 72.9. The summed E-state index contributed by atoms with van der Waals surface area (Å²) in [4.78, 5) is 5.82. The number of nitrogens with one attached hydrogen (secondary N) is 1. The van der Waals surface area contributed by atoms with Gasteiger partial charge in [0.25, 0.3) is 0 Å². The minimum Gasteiger partial charge on any atom is -0.456 e. The normalized spacial score (nSPS) is 14.8. The summed E-state index contributed by atoms with van der Waals surface area (Å²) < 4.78 is 15.7. The third-order valence-electron chi connectivity index (χ3n) is 16.3. The van der Waals surface area contributed by atoms with Crippen LogP contribution >= 0.6 is 0 Å². The molecule has 354 valence electrons. The molecule has 1 N–H and O–H groups in total. The Morgan fingerprint density at radius 1 is 0.568 bits per heavy atom. The predicted octanol–water partition coefficient (Wildman–Crippen LogP) is 17.5. The second-order valence-electron chi connectivity index (χ2n) is 20.3. The molecule has 3 aliphatic rings. The molecule has 5 heteroatoms. The van der Waals surface area contributed by atoms with Crippen LogP contribution < -0.4 is 5.32 Å². The van der Waals surface area contributed by atoms with Crippen LogP contribution in [0.25, 0.3) is 100.0 Å². The highest BCUT2D eigenvalue weighted by Crippen LogP contribution is 2.63. The molecule has 1 atom stereocenters. The van der Waals surface area contributed by atoms with Gasteiger partial charge in [0, 0.05) is 38.2 Å². The van der Waals surface area contributed by atoms with E-state index in [0.717, 1.165) is 105 Å². The fourth-order valence-corrected chi connectivity index (χ4v) is 13.2. The minimum absolute atomic E-state index is 0.446. The summed E-state index contributed by atoms with van der Waals surface area (Å²) in [5, 5.41) is 9.80. The zero-order valence-corrected chi connectivity index (χ0v) is 41.2. The van der Waals surface area contributed by atoms with Crippen molar-refractivity contribution in [1.29, 1.82) is 0 Å². The number of aromatic nitrogens is 1. The summed E-state index contributed by atoms with van der Waals surface area (Å²) in [7, 11) is 0. The maximum Gasteiger partial charge on any atom is 0.142 e. The van der Waals surface area contributed by atoms with E-state index in [2.05, 4.69) is 223 Å². The molecular formula is C69H51N3O2. The maximum absolute atomic E-state index is 6.69. The van der Waals surface area contributed by atoms with E-state index in [4.69, 9.17) is 20.4 Å². The predicted molar refractivity (Wildman–Crippen MR) is 306 cm³/mol. The van der Waals surface area contributed by atoms with E-state index >= 15 is 0 Å². The van der Waals surface area contributed by atoms with Crippen molar-refractivity contribution in [2.24, 2.45) is 4.99 Å². The van der Waals surface area contributed by atoms with Crippen molar-refractivity contribution in [2.75, 3.05) is 0 Å². The topological polar surface area (TPSA) is 55.6 Å². The smallest absolute Gasteiger partial charge is 0.142 e. The van der Waals surface area contributed by atoms with Crippen molar-refractivity contribution in [2.45, 2.75) is 50.6 Å². The molecule has 12 aromatic rings. The van der Waals surface area contributed by atoms with Gasteiger partial charge in [-0.2, -0.15) is 0 Å². The first-order valence-electron chi connectivity index (χ1n) is 26.2. The number of nitrogens with zero attached hydrogens (tertiary/aromatic N) is 2. The molecule has 5 nitrogen and oxygen atoms in total. The molecule has 0 amide bonds. The highest BCUT2D eigenvalue weighted by molar-refractivity contribution is 6.15. The fraction of sp³-hybridized carbons (Fsp3) is 0.116.